The molecule has 1 fully saturated rings. The van der Waals surface area contributed by atoms with Crippen LogP contribution in [0.2, 0.25) is 0 Å². The maximum absolute atomic E-state index is 5.41. The molecule has 2 N–H and O–H groups in total. The molecule has 2 rings (SSSR count). The molecule has 84 valence electrons. The summed E-state index contributed by atoms with van der Waals surface area (Å²) in [6.45, 7) is 5.66. The molecule has 1 saturated heterocycles. The van der Waals surface area contributed by atoms with E-state index in [1.54, 1.807) is 0 Å². The van der Waals surface area contributed by atoms with E-state index in [0.717, 1.165) is 31.4 Å². The lowest BCUT2D eigenvalue weighted by Crippen LogP contribution is -2.20. The predicted molar refractivity (Wildman–Crippen MR) is 55.9 cm³/mol. The predicted octanol–water partition coefficient (Wildman–Crippen LogP) is 0.760. The van der Waals surface area contributed by atoms with Crippen LogP contribution in [-0.2, 0) is 13.1 Å². The lowest BCUT2D eigenvalue weighted by Gasteiger charge is -2.12. The molecule has 0 bridgehead atoms. The normalized spacial score (nSPS) is 22.4. The zero-order chi connectivity index (χ0) is 10.7. The summed E-state index contributed by atoms with van der Waals surface area (Å²) in [4.78, 5) is 6.57. The average molecular weight is 210 g/mol. The fourth-order valence-electron chi connectivity index (χ4n) is 2.03. The molecular formula is C10H18N4O. The Morgan fingerprint density at radius 3 is 3.07 bits per heavy atom. The van der Waals surface area contributed by atoms with Gasteiger partial charge >= 0.3 is 0 Å². The van der Waals surface area contributed by atoms with Crippen LogP contribution in [-0.4, -0.2) is 28.1 Å². The molecule has 0 aliphatic carbocycles. The first-order chi connectivity index (χ1) is 7.31. The highest BCUT2D eigenvalue weighted by atomic mass is 16.5. The number of nitrogens with zero attached hydrogens (tertiary/aromatic N) is 3. The summed E-state index contributed by atoms with van der Waals surface area (Å²) < 4.78 is 4.96. The molecule has 1 unspecified atom stereocenters. The van der Waals surface area contributed by atoms with Crippen LogP contribution < -0.4 is 5.73 Å². The van der Waals surface area contributed by atoms with E-state index in [2.05, 4.69) is 22.0 Å². The van der Waals surface area contributed by atoms with Crippen LogP contribution >= 0.6 is 0 Å². The smallest absolute Gasteiger partial charge is 0.240 e. The topological polar surface area (TPSA) is 68.2 Å². The van der Waals surface area contributed by atoms with Crippen LogP contribution in [0.25, 0.3) is 0 Å². The van der Waals surface area contributed by atoms with Crippen LogP contribution in [0.4, 0.5) is 0 Å². The first kappa shape index (κ1) is 10.6. The molecule has 0 aromatic carbocycles. The molecule has 2 heterocycles. The minimum absolute atomic E-state index is 0.324. The molecule has 1 atom stereocenters. The van der Waals surface area contributed by atoms with Crippen molar-refractivity contribution in [2.24, 2.45) is 11.7 Å². The second kappa shape index (κ2) is 4.72. The summed E-state index contributed by atoms with van der Waals surface area (Å²) in [7, 11) is 0. The van der Waals surface area contributed by atoms with E-state index >= 15 is 0 Å². The van der Waals surface area contributed by atoms with E-state index in [0.29, 0.717) is 12.4 Å². The van der Waals surface area contributed by atoms with Crippen molar-refractivity contribution >= 4 is 0 Å². The SMILES string of the molecule is CCC1CCN(Cc2noc(CN)n2)C1. The Balaban J connectivity index is 1.87. The molecule has 5 heteroatoms. The lowest BCUT2D eigenvalue weighted by molar-refractivity contribution is 0.297. The summed E-state index contributed by atoms with van der Waals surface area (Å²) in [6.07, 6.45) is 2.55. The van der Waals surface area contributed by atoms with Crippen LogP contribution in [0.5, 0.6) is 0 Å². The fourth-order valence-corrected chi connectivity index (χ4v) is 2.03. The van der Waals surface area contributed by atoms with Crippen molar-refractivity contribution in [3.63, 3.8) is 0 Å². The lowest BCUT2D eigenvalue weighted by atomic mass is 10.1. The Bertz CT molecular complexity index is 312. The van der Waals surface area contributed by atoms with Crippen molar-refractivity contribution in [2.45, 2.75) is 32.9 Å². The van der Waals surface area contributed by atoms with Gasteiger partial charge in [-0.15, -0.1) is 0 Å². The number of nitrogens with two attached hydrogens (primary N) is 1. The number of aromatic nitrogens is 2. The second-order valence-corrected chi connectivity index (χ2v) is 4.11. The van der Waals surface area contributed by atoms with E-state index in [4.69, 9.17) is 10.3 Å². The van der Waals surface area contributed by atoms with Crippen LogP contribution in [0.15, 0.2) is 4.52 Å². The van der Waals surface area contributed by atoms with Crippen molar-refractivity contribution < 1.29 is 4.52 Å². The van der Waals surface area contributed by atoms with Gasteiger partial charge in [0, 0.05) is 6.54 Å². The minimum Gasteiger partial charge on any atom is -0.338 e. The number of hydrogen-bond donors (Lipinski definition) is 1. The molecule has 1 aromatic rings. The molecule has 5 nitrogen and oxygen atoms in total. The van der Waals surface area contributed by atoms with E-state index in [1.807, 2.05) is 0 Å². The summed E-state index contributed by atoms with van der Waals surface area (Å²) in [5.41, 5.74) is 5.41. The van der Waals surface area contributed by atoms with Gasteiger partial charge in [0.1, 0.15) is 0 Å². The first-order valence-corrected chi connectivity index (χ1v) is 5.55. The van der Waals surface area contributed by atoms with Gasteiger partial charge in [-0.2, -0.15) is 4.98 Å². The van der Waals surface area contributed by atoms with Crippen molar-refractivity contribution in [3.8, 4) is 0 Å². The molecule has 15 heavy (non-hydrogen) atoms. The van der Waals surface area contributed by atoms with E-state index in [-0.39, 0.29) is 0 Å². The largest absolute Gasteiger partial charge is 0.338 e. The van der Waals surface area contributed by atoms with E-state index < -0.39 is 0 Å². The fraction of sp³-hybridized carbons (Fsp3) is 0.800. The average Bonchev–Trinajstić information content (AvgIpc) is 2.87. The maximum atomic E-state index is 5.41. The van der Waals surface area contributed by atoms with Crippen LogP contribution in [0.3, 0.4) is 0 Å². The number of likely N-dealkylation sites (tertiary alicyclic amines) is 1. The highest BCUT2D eigenvalue weighted by Gasteiger charge is 2.22. The third-order valence-corrected chi connectivity index (χ3v) is 3.00. The molecule has 0 radical (unpaired) electrons. The van der Waals surface area contributed by atoms with Gasteiger partial charge in [-0.05, 0) is 18.9 Å². The van der Waals surface area contributed by atoms with Crippen molar-refractivity contribution in [3.05, 3.63) is 11.7 Å². The Morgan fingerprint density at radius 2 is 2.47 bits per heavy atom. The second-order valence-electron chi connectivity index (χ2n) is 4.11. The van der Waals surface area contributed by atoms with Gasteiger partial charge in [0.05, 0.1) is 13.1 Å². The summed E-state index contributed by atoms with van der Waals surface area (Å²) in [6, 6.07) is 0. The summed E-state index contributed by atoms with van der Waals surface area (Å²) >= 11 is 0. The van der Waals surface area contributed by atoms with E-state index in [1.165, 1.54) is 12.8 Å². The third kappa shape index (κ3) is 2.54. The Hall–Kier alpha value is -0.940. The standard InChI is InChI=1S/C10H18N4O/c1-2-8-3-4-14(6-8)7-9-12-10(5-11)15-13-9/h8H,2-7,11H2,1H3. The van der Waals surface area contributed by atoms with E-state index in [9.17, 15) is 0 Å². The molecule has 1 aliphatic rings. The van der Waals surface area contributed by atoms with Gasteiger partial charge in [0.2, 0.25) is 5.89 Å². The quantitative estimate of drug-likeness (QED) is 0.794. The Labute approximate surface area is 89.6 Å². The molecule has 0 spiro atoms. The Morgan fingerprint density at radius 1 is 1.60 bits per heavy atom. The zero-order valence-electron chi connectivity index (χ0n) is 9.15. The van der Waals surface area contributed by atoms with Crippen LogP contribution in [0, 0.1) is 5.92 Å². The molecule has 1 aliphatic heterocycles. The van der Waals surface area contributed by atoms with Gasteiger partial charge in [-0.1, -0.05) is 18.5 Å². The van der Waals surface area contributed by atoms with Crippen molar-refractivity contribution in [1.29, 1.82) is 0 Å². The molecule has 1 aromatic heterocycles. The van der Waals surface area contributed by atoms with Gasteiger partial charge in [0.25, 0.3) is 0 Å². The van der Waals surface area contributed by atoms with Gasteiger partial charge < -0.3 is 10.3 Å². The third-order valence-electron chi connectivity index (χ3n) is 3.00. The summed E-state index contributed by atoms with van der Waals surface area (Å²) in [5, 5.41) is 3.89. The molecule has 0 saturated carbocycles. The number of rotatable bonds is 4. The monoisotopic (exact) mass is 210 g/mol. The molecular weight excluding hydrogens is 192 g/mol. The minimum atomic E-state index is 0.324. The molecule has 0 amide bonds. The highest BCUT2D eigenvalue weighted by molar-refractivity contribution is 4.87. The van der Waals surface area contributed by atoms with Crippen molar-refractivity contribution in [2.75, 3.05) is 13.1 Å². The zero-order valence-corrected chi connectivity index (χ0v) is 9.15. The van der Waals surface area contributed by atoms with Gasteiger partial charge in [-0.25, -0.2) is 0 Å². The summed E-state index contributed by atoms with van der Waals surface area (Å²) in [5.74, 6) is 2.12. The number of hydrogen-bond acceptors (Lipinski definition) is 5. The Kier molecular flexibility index (Phi) is 3.33. The maximum Gasteiger partial charge on any atom is 0.240 e. The van der Waals surface area contributed by atoms with Crippen LogP contribution in [0.1, 0.15) is 31.5 Å². The first-order valence-electron chi connectivity index (χ1n) is 5.55. The van der Waals surface area contributed by atoms with Gasteiger partial charge in [-0.3, -0.25) is 4.90 Å². The van der Waals surface area contributed by atoms with Gasteiger partial charge in [0.15, 0.2) is 5.82 Å². The van der Waals surface area contributed by atoms with Crippen molar-refractivity contribution in [1.82, 2.24) is 15.0 Å². The highest BCUT2D eigenvalue weighted by Crippen LogP contribution is 2.20.